The quantitative estimate of drug-likeness (QED) is 0.869. The molecule has 3 atom stereocenters. The number of nitrogens with two attached hydrogens (primary N) is 1. The number of likely N-dealkylation sites (tertiary alicyclic amines) is 1. The first kappa shape index (κ1) is 15.3. The number of rotatable bonds is 5. The molecule has 20 heavy (non-hydrogen) atoms. The van der Waals surface area contributed by atoms with E-state index in [1.54, 1.807) is 12.1 Å². The molecule has 0 amide bonds. The lowest BCUT2D eigenvalue weighted by Gasteiger charge is -2.40. The summed E-state index contributed by atoms with van der Waals surface area (Å²) < 4.78 is 0. The van der Waals surface area contributed by atoms with Crippen molar-refractivity contribution in [2.24, 2.45) is 17.6 Å². The average Bonchev–Trinajstić information content (AvgIpc) is 2.47. The number of aryl methyl sites for hydroxylation is 1. The fourth-order valence-corrected chi connectivity index (χ4v) is 3.11. The molecule has 1 aliphatic rings. The van der Waals surface area contributed by atoms with Crippen LogP contribution in [0.5, 0.6) is 5.75 Å². The molecule has 112 valence electrons. The number of aromatic hydroxyl groups is 1. The van der Waals surface area contributed by atoms with Gasteiger partial charge in [-0.3, -0.25) is 0 Å². The molecule has 0 bridgehead atoms. The number of hydrogen-bond donors (Lipinski definition) is 2. The fourth-order valence-electron chi connectivity index (χ4n) is 3.11. The van der Waals surface area contributed by atoms with E-state index in [9.17, 15) is 5.11 Å². The molecule has 0 spiro atoms. The van der Waals surface area contributed by atoms with E-state index in [0.29, 0.717) is 17.7 Å². The van der Waals surface area contributed by atoms with Crippen molar-refractivity contribution in [3.63, 3.8) is 0 Å². The van der Waals surface area contributed by atoms with E-state index in [4.69, 9.17) is 5.73 Å². The SMILES string of the molecule is CC1CCN(C(C)CCc2ccc(O)cc2)CC1CN. The fraction of sp³-hybridized carbons (Fsp3) is 0.647. The maximum absolute atomic E-state index is 9.30. The van der Waals surface area contributed by atoms with Crippen molar-refractivity contribution in [2.45, 2.75) is 39.2 Å². The number of benzene rings is 1. The molecule has 0 radical (unpaired) electrons. The number of piperidine rings is 1. The Balaban J connectivity index is 1.82. The van der Waals surface area contributed by atoms with Gasteiger partial charge >= 0.3 is 0 Å². The first-order valence-corrected chi connectivity index (χ1v) is 7.82. The zero-order valence-corrected chi connectivity index (χ0v) is 12.8. The maximum atomic E-state index is 9.30. The highest BCUT2D eigenvalue weighted by atomic mass is 16.3. The van der Waals surface area contributed by atoms with Crippen LogP contribution < -0.4 is 5.73 Å². The predicted octanol–water partition coefficient (Wildman–Crippen LogP) is 2.63. The van der Waals surface area contributed by atoms with Gasteiger partial charge < -0.3 is 15.7 Å². The summed E-state index contributed by atoms with van der Waals surface area (Å²) in [6.07, 6.45) is 3.50. The Labute approximate surface area is 122 Å². The van der Waals surface area contributed by atoms with Crippen LogP contribution in [0.1, 0.15) is 32.3 Å². The lowest BCUT2D eigenvalue weighted by Crippen LogP contribution is -2.46. The van der Waals surface area contributed by atoms with Gasteiger partial charge in [0.25, 0.3) is 0 Å². The molecule has 3 heteroatoms. The standard InChI is InChI=1S/C17H28N2O/c1-13-9-10-19(12-16(13)11-18)14(2)3-4-15-5-7-17(20)8-6-15/h5-8,13-14,16,20H,3-4,9-12,18H2,1-2H3. The third-order valence-electron chi connectivity index (χ3n) is 4.86. The molecule has 1 aliphatic heterocycles. The Bertz CT molecular complexity index is 404. The second-order valence-electron chi connectivity index (χ2n) is 6.31. The van der Waals surface area contributed by atoms with Crippen LogP contribution in [-0.2, 0) is 6.42 Å². The summed E-state index contributed by atoms with van der Waals surface area (Å²) in [4.78, 5) is 2.60. The van der Waals surface area contributed by atoms with Crippen molar-refractivity contribution >= 4 is 0 Å². The van der Waals surface area contributed by atoms with Crippen LogP contribution in [0.15, 0.2) is 24.3 Å². The van der Waals surface area contributed by atoms with Crippen LogP contribution >= 0.6 is 0 Å². The third kappa shape index (κ3) is 3.97. The first-order chi connectivity index (χ1) is 9.60. The number of nitrogens with zero attached hydrogens (tertiary/aromatic N) is 1. The lowest BCUT2D eigenvalue weighted by atomic mass is 9.86. The molecule has 0 saturated carbocycles. The monoisotopic (exact) mass is 276 g/mol. The summed E-state index contributed by atoms with van der Waals surface area (Å²) >= 11 is 0. The number of hydrogen-bond acceptors (Lipinski definition) is 3. The van der Waals surface area contributed by atoms with Gasteiger partial charge in [-0.2, -0.15) is 0 Å². The molecule has 1 aromatic rings. The van der Waals surface area contributed by atoms with Crippen molar-refractivity contribution in [1.29, 1.82) is 0 Å². The van der Waals surface area contributed by atoms with E-state index in [1.807, 2.05) is 12.1 Å². The Morgan fingerprint density at radius 1 is 1.35 bits per heavy atom. The van der Waals surface area contributed by atoms with Gasteiger partial charge in [0, 0.05) is 12.6 Å². The Morgan fingerprint density at radius 3 is 2.70 bits per heavy atom. The van der Waals surface area contributed by atoms with E-state index in [-0.39, 0.29) is 0 Å². The first-order valence-electron chi connectivity index (χ1n) is 7.82. The summed E-state index contributed by atoms with van der Waals surface area (Å²) in [5.41, 5.74) is 7.19. The molecule has 0 aliphatic carbocycles. The third-order valence-corrected chi connectivity index (χ3v) is 4.86. The summed E-state index contributed by atoms with van der Waals surface area (Å²) in [6, 6.07) is 8.18. The van der Waals surface area contributed by atoms with Crippen LogP contribution in [0.2, 0.25) is 0 Å². The molecule has 1 aromatic carbocycles. The van der Waals surface area contributed by atoms with Crippen molar-refractivity contribution in [1.82, 2.24) is 4.90 Å². The highest BCUT2D eigenvalue weighted by Crippen LogP contribution is 2.25. The second-order valence-corrected chi connectivity index (χ2v) is 6.31. The minimum Gasteiger partial charge on any atom is -0.508 e. The van der Waals surface area contributed by atoms with Crippen LogP contribution in [0, 0.1) is 11.8 Å². The highest BCUT2D eigenvalue weighted by Gasteiger charge is 2.27. The van der Waals surface area contributed by atoms with Crippen molar-refractivity contribution in [3.05, 3.63) is 29.8 Å². The predicted molar refractivity (Wildman–Crippen MR) is 83.8 cm³/mol. The second kappa shape index (κ2) is 7.09. The van der Waals surface area contributed by atoms with Crippen LogP contribution in [0.3, 0.4) is 0 Å². The molecule has 2 rings (SSSR count). The largest absolute Gasteiger partial charge is 0.508 e. The van der Waals surface area contributed by atoms with E-state index in [0.717, 1.165) is 31.8 Å². The summed E-state index contributed by atoms with van der Waals surface area (Å²) in [5.74, 6) is 1.76. The number of phenolic OH excluding ortho intramolecular Hbond substituents is 1. The highest BCUT2D eigenvalue weighted by molar-refractivity contribution is 5.25. The van der Waals surface area contributed by atoms with E-state index < -0.39 is 0 Å². The molecular formula is C17H28N2O. The van der Waals surface area contributed by atoms with Gasteiger partial charge in [0.1, 0.15) is 5.75 Å². The Hall–Kier alpha value is -1.06. The van der Waals surface area contributed by atoms with Crippen LogP contribution in [-0.4, -0.2) is 35.7 Å². The average molecular weight is 276 g/mol. The molecule has 3 N–H and O–H groups in total. The van der Waals surface area contributed by atoms with Gasteiger partial charge in [-0.05, 0) is 68.8 Å². The van der Waals surface area contributed by atoms with E-state index in [1.165, 1.54) is 18.5 Å². The van der Waals surface area contributed by atoms with Crippen molar-refractivity contribution in [3.8, 4) is 5.75 Å². The smallest absolute Gasteiger partial charge is 0.115 e. The Morgan fingerprint density at radius 2 is 2.05 bits per heavy atom. The van der Waals surface area contributed by atoms with Gasteiger partial charge in [0.2, 0.25) is 0 Å². The molecule has 1 fully saturated rings. The zero-order valence-electron chi connectivity index (χ0n) is 12.8. The van der Waals surface area contributed by atoms with E-state index >= 15 is 0 Å². The molecule has 3 nitrogen and oxygen atoms in total. The minimum atomic E-state index is 0.345. The van der Waals surface area contributed by atoms with Crippen LogP contribution in [0.4, 0.5) is 0 Å². The molecular weight excluding hydrogens is 248 g/mol. The van der Waals surface area contributed by atoms with Crippen molar-refractivity contribution in [2.75, 3.05) is 19.6 Å². The zero-order chi connectivity index (χ0) is 14.5. The van der Waals surface area contributed by atoms with Gasteiger partial charge in [0.15, 0.2) is 0 Å². The molecule has 3 unspecified atom stereocenters. The maximum Gasteiger partial charge on any atom is 0.115 e. The summed E-state index contributed by atoms with van der Waals surface area (Å²) in [7, 11) is 0. The molecule has 1 heterocycles. The lowest BCUT2D eigenvalue weighted by molar-refractivity contribution is 0.0942. The van der Waals surface area contributed by atoms with Crippen LogP contribution in [0.25, 0.3) is 0 Å². The summed E-state index contributed by atoms with van der Waals surface area (Å²) in [6.45, 7) is 7.81. The molecule has 1 saturated heterocycles. The topological polar surface area (TPSA) is 49.5 Å². The van der Waals surface area contributed by atoms with Crippen molar-refractivity contribution < 1.29 is 5.11 Å². The van der Waals surface area contributed by atoms with Gasteiger partial charge in [-0.15, -0.1) is 0 Å². The van der Waals surface area contributed by atoms with E-state index in [2.05, 4.69) is 18.7 Å². The summed E-state index contributed by atoms with van der Waals surface area (Å²) in [5, 5.41) is 9.30. The van der Waals surface area contributed by atoms with Gasteiger partial charge in [0.05, 0.1) is 0 Å². The van der Waals surface area contributed by atoms with Gasteiger partial charge in [-0.25, -0.2) is 0 Å². The Kier molecular flexibility index (Phi) is 5.44. The molecule has 0 aromatic heterocycles. The number of phenols is 1. The minimum absolute atomic E-state index is 0.345. The normalized spacial score (nSPS) is 25.6. The van der Waals surface area contributed by atoms with Gasteiger partial charge in [-0.1, -0.05) is 19.1 Å².